The number of hydrogen-bond acceptors (Lipinski definition) is 6. The van der Waals surface area contributed by atoms with E-state index >= 15 is 0 Å². The second-order valence-electron chi connectivity index (χ2n) is 7.75. The van der Waals surface area contributed by atoms with Gasteiger partial charge in [-0.05, 0) is 48.0 Å². The summed E-state index contributed by atoms with van der Waals surface area (Å²) in [4.78, 5) is 17.6. The molecule has 5 aromatic rings. The van der Waals surface area contributed by atoms with Crippen molar-refractivity contribution in [3.05, 3.63) is 113 Å². The molecule has 0 fully saturated rings. The number of carbonyl (C=O) groups excluding carboxylic acids is 1. The van der Waals surface area contributed by atoms with Gasteiger partial charge < -0.3 is 9.73 Å². The van der Waals surface area contributed by atoms with Crippen molar-refractivity contribution in [2.45, 2.75) is 17.1 Å². The quantitative estimate of drug-likeness (QED) is 0.317. The molecular weight excluding hydrogens is 468 g/mol. The molecule has 8 heteroatoms. The lowest BCUT2D eigenvalue weighted by molar-refractivity contribution is 0.0996. The molecule has 0 aliphatic heterocycles. The second kappa shape index (κ2) is 9.24. The van der Waals surface area contributed by atoms with Crippen molar-refractivity contribution in [2.75, 3.05) is 5.32 Å². The van der Waals surface area contributed by atoms with E-state index in [9.17, 15) is 13.2 Å². The fraction of sp³-hybridized carbons (Fsp3) is 0.0769. The highest BCUT2D eigenvalue weighted by Gasteiger charge is 2.22. The molecular formula is C26H20N2O4S2. The average molecular weight is 489 g/mol. The smallest absolute Gasteiger partial charge is 0.291 e. The number of rotatable bonds is 7. The Morgan fingerprint density at radius 3 is 2.41 bits per heavy atom. The fourth-order valence-corrected chi connectivity index (χ4v) is 6.01. The number of hydrogen-bond donors (Lipinski definition) is 1. The van der Waals surface area contributed by atoms with E-state index in [-0.39, 0.29) is 16.4 Å². The third kappa shape index (κ3) is 4.78. The van der Waals surface area contributed by atoms with Gasteiger partial charge in [0.2, 0.25) is 0 Å². The van der Waals surface area contributed by atoms with E-state index in [1.165, 1.54) is 24.5 Å². The molecule has 1 amide bonds. The lowest BCUT2D eigenvalue weighted by Crippen LogP contribution is -2.14. The lowest BCUT2D eigenvalue weighted by Gasteiger charge is -2.07. The minimum atomic E-state index is -3.60. The number of aromatic nitrogens is 1. The summed E-state index contributed by atoms with van der Waals surface area (Å²) in [7, 11) is -3.60. The number of anilines is 1. The molecule has 3 aromatic carbocycles. The van der Waals surface area contributed by atoms with E-state index < -0.39 is 15.7 Å². The van der Waals surface area contributed by atoms with Gasteiger partial charge in [0.1, 0.15) is 0 Å². The van der Waals surface area contributed by atoms with Crippen LogP contribution in [0, 0.1) is 0 Å². The summed E-state index contributed by atoms with van der Waals surface area (Å²) in [6.45, 7) is 0. The van der Waals surface area contributed by atoms with Crippen LogP contribution in [0.25, 0.3) is 10.2 Å². The van der Waals surface area contributed by atoms with Gasteiger partial charge >= 0.3 is 0 Å². The number of amides is 1. The van der Waals surface area contributed by atoms with Gasteiger partial charge in [0, 0.05) is 17.7 Å². The van der Waals surface area contributed by atoms with Gasteiger partial charge in [0.15, 0.2) is 15.6 Å². The molecule has 2 heterocycles. The Hall–Kier alpha value is -3.75. The number of benzene rings is 3. The first kappa shape index (κ1) is 22.1. The number of para-hydroxylation sites is 1. The Morgan fingerprint density at radius 1 is 0.912 bits per heavy atom. The number of sulfone groups is 1. The Morgan fingerprint density at radius 2 is 1.65 bits per heavy atom. The summed E-state index contributed by atoms with van der Waals surface area (Å²) >= 11 is 1.67. The van der Waals surface area contributed by atoms with Crippen LogP contribution in [-0.4, -0.2) is 19.3 Å². The molecule has 0 atom stereocenters. The topological polar surface area (TPSA) is 89.3 Å². The SMILES string of the molecule is O=C(Nc1ccc(Cc2nc3ccccc3s2)cc1)c1occc1CS(=O)(=O)c1ccccc1. The molecule has 0 spiro atoms. The van der Waals surface area contributed by atoms with Crippen LogP contribution in [-0.2, 0) is 22.0 Å². The summed E-state index contributed by atoms with van der Waals surface area (Å²) in [5.41, 5.74) is 2.97. The average Bonchev–Trinajstić information content (AvgIpc) is 3.47. The molecule has 170 valence electrons. The zero-order valence-corrected chi connectivity index (χ0v) is 19.6. The van der Waals surface area contributed by atoms with Crippen molar-refractivity contribution < 1.29 is 17.6 Å². The molecule has 1 N–H and O–H groups in total. The largest absolute Gasteiger partial charge is 0.459 e. The maximum atomic E-state index is 12.8. The minimum Gasteiger partial charge on any atom is -0.459 e. The van der Waals surface area contributed by atoms with Crippen molar-refractivity contribution in [3.8, 4) is 0 Å². The van der Waals surface area contributed by atoms with E-state index in [2.05, 4.69) is 16.4 Å². The molecule has 34 heavy (non-hydrogen) atoms. The summed E-state index contributed by atoms with van der Waals surface area (Å²) in [5, 5.41) is 3.81. The van der Waals surface area contributed by atoms with Crippen LogP contribution in [0.5, 0.6) is 0 Å². The van der Waals surface area contributed by atoms with Crippen LogP contribution in [0.15, 0.2) is 101 Å². The van der Waals surface area contributed by atoms with Gasteiger partial charge in [-0.15, -0.1) is 11.3 Å². The highest BCUT2D eigenvalue weighted by atomic mass is 32.2. The standard InChI is InChI=1S/C26H20N2O4S2/c29-26(25-19(14-15-32-25)17-34(30,31)21-6-2-1-3-7-21)27-20-12-10-18(11-13-20)16-24-28-22-8-4-5-9-23(22)33-24/h1-15H,16-17H2,(H,27,29). The molecule has 6 nitrogen and oxygen atoms in total. The second-order valence-corrected chi connectivity index (χ2v) is 10.9. The molecule has 0 unspecified atom stereocenters. The number of nitrogens with one attached hydrogen (secondary N) is 1. The fourth-order valence-electron chi connectivity index (χ4n) is 3.63. The Kier molecular flexibility index (Phi) is 6.00. The molecule has 2 aromatic heterocycles. The van der Waals surface area contributed by atoms with Crippen LogP contribution in [0.4, 0.5) is 5.69 Å². The van der Waals surface area contributed by atoms with Crippen LogP contribution in [0.3, 0.4) is 0 Å². The van der Waals surface area contributed by atoms with Crippen molar-refractivity contribution in [3.63, 3.8) is 0 Å². The van der Waals surface area contributed by atoms with E-state index in [0.29, 0.717) is 17.7 Å². The summed E-state index contributed by atoms with van der Waals surface area (Å²) in [6, 6.07) is 25.2. The maximum absolute atomic E-state index is 12.8. The predicted molar refractivity (Wildman–Crippen MR) is 133 cm³/mol. The Balaban J connectivity index is 1.26. The first-order chi connectivity index (χ1) is 16.5. The molecule has 0 bridgehead atoms. The molecule has 0 radical (unpaired) electrons. The van der Waals surface area contributed by atoms with Crippen LogP contribution < -0.4 is 5.32 Å². The van der Waals surface area contributed by atoms with Gasteiger partial charge in [-0.25, -0.2) is 13.4 Å². The third-order valence-electron chi connectivity index (χ3n) is 5.31. The highest BCUT2D eigenvalue weighted by molar-refractivity contribution is 7.90. The molecule has 5 rings (SSSR count). The van der Waals surface area contributed by atoms with E-state index in [1.807, 2.05) is 42.5 Å². The number of carbonyl (C=O) groups is 1. The first-order valence-electron chi connectivity index (χ1n) is 10.6. The molecule has 0 saturated heterocycles. The van der Waals surface area contributed by atoms with Crippen LogP contribution in [0.2, 0.25) is 0 Å². The first-order valence-corrected chi connectivity index (χ1v) is 13.0. The number of nitrogens with zero attached hydrogens (tertiary/aromatic N) is 1. The highest BCUT2D eigenvalue weighted by Crippen LogP contribution is 2.25. The summed E-state index contributed by atoms with van der Waals surface area (Å²) < 4.78 is 31.9. The van der Waals surface area contributed by atoms with Gasteiger partial charge in [-0.2, -0.15) is 0 Å². The number of thiazole rings is 1. The molecule has 0 aliphatic rings. The molecule has 0 saturated carbocycles. The van der Waals surface area contributed by atoms with Crippen molar-refractivity contribution in [1.29, 1.82) is 0 Å². The molecule has 0 aliphatic carbocycles. The van der Waals surface area contributed by atoms with Crippen LogP contribution >= 0.6 is 11.3 Å². The predicted octanol–water partition coefficient (Wildman–Crippen LogP) is 5.71. The van der Waals surface area contributed by atoms with Crippen LogP contribution in [0.1, 0.15) is 26.7 Å². The number of fused-ring (bicyclic) bond motifs is 1. The Labute approximate surface area is 200 Å². The van der Waals surface area contributed by atoms with E-state index in [4.69, 9.17) is 4.42 Å². The maximum Gasteiger partial charge on any atom is 0.291 e. The number of furan rings is 1. The van der Waals surface area contributed by atoms with Crippen molar-refractivity contribution in [2.24, 2.45) is 0 Å². The lowest BCUT2D eigenvalue weighted by atomic mass is 10.1. The van der Waals surface area contributed by atoms with Crippen molar-refractivity contribution >= 4 is 43.0 Å². The Bertz CT molecular complexity index is 1520. The zero-order valence-electron chi connectivity index (χ0n) is 18.0. The van der Waals surface area contributed by atoms with Gasteiger partial charge in [-0.3, -0.25) is 4.79 Å². The monoisotopic (exact) mass is 488 g/mol. The van der Waals surface area contributed by atoms with E-state index in [0.717, 1.165) is 20.8 Å². The van der Waals surface area contributed by atoms with Gasteiger partial charge in [-0.1, -0.05) is 42.5 Å². The van der Waals surface area contributed by atoms with Crippen molar-refractivity contribution in [1.82, 2.24) is 4.98 Å². The normalized spacial score (nSPS) is 11.5. The minimum absolute atomic E-state index is 0.0157. The summed E-state index contributed by atoms with van der Waals surface area (Å²) in [6.07, 6.45) is 2.03. The van der Waals surface area contributed by atoms with E-state index in [1.54, 1.807) is 29.5 Å². The summed E-state index contributed by atoms with van der Waals surface area (Å²) in [5.74, 6) is -0.836. The zero-order chi connectivity index (χ0) is 23.5. The van der Waals surface area contributed by atoms with Gasteiger partial charge in [0.05, 0.1) is 32.1 Å². The third-order valence-corrected chi connectivity index (χ3v) is 8.02. The van der Waals surface area contributed by atoms with Gasteiger partial charge in [0.25, 0.3) is 5.91 Å².